The maximum atomic E-state index is 12.5. The Labute approximate surface area is 194 Å². The molecule has 2 atom stereocenters. The lowest BCUT2D eigenvalue weighted by atomic mass is 10.0. The van der Waals surface area contributed by atoms with E-state index in [9.17, 15) is 4.79 Å². The maximum absolute atomic E-state index is 12.5. The summed E-state index contributed by atoms with van der Waals surface area (Å²) < 4.78 is 5.56. The van der Waals surface area contributed by atoms with Crippen LogP contribution in [0, 0.1) is 6.92 Å². The first kappa shape index (κ1) is 21.5. The van der Waals surface area contributed by atoms with Gasteiger partial charge in [-0.25, -0.2) is 0 Å². The fraction of sp³-hybridized carbons (Fsp3) is 0.296. The molecular weight excluding hydrogens is 412 g/mol. The second-order valence-electron chi connectivity index (χ2n) is 8.75. The highest BCUT2D eigenvalue weighted by Crippen LogP contribution is 2.30. The molecule has 2 aromatic heterocycles. The third kappa shape index (κ3) is 5.18. The first-order valence-electron chi connectivity index (χ1n) is 11.4. The van der Waals surface area contributed by atoms with Crippen molar-refractivity contribution in [2.45, 2.75) is 39.0 Å². The average molecular weight is 441 g/mol. The van der Waals surface area contributed by atoms with Gasteiger partial charge < -0.3 is 10.1 Å². The molecular formula is C27H28N4O2. The number of aryl methyl sites for hydroxylation is 1. The van der Waals surface area contributed by atoms with E-state index in [0.717, 1.165) is 47.6 Å². The van der Waals surface area contributed by atoms with Gasteiger partial charge in [-0.1, -0.05) is 30.3 Å². The molecule has 0 spiro atoms. The Morgan fingerprint density at radius 2 is 1.94 bits per heavy atom. The van der Waals surface area contributed by atoms with Gasteiger partial charge in [0.15, 0.2) is 0 Å². The zero-order valence-electron chi connectivity index (χ0n) is 19.0. The maximum Gasteiger partial charge on any atom is 0.228 e. The number of amides is 1. The van der Waals surface area contributed by atoms with E-state index in [2.05, 4.69) is 39.3 Å². The normalized spacial score (nSPS) is 20.2. The van der Waals surface area contributed by atoms with Crippen molar-refractivity contribution >= 4 is 17.2 Å². The van der Waals surface area contributed by atoms with Gasteiger partial charge in [0.25, 0.3) is 0 Å². The van der Waals surface area contributed by atoms with Gasteiger partial charge in [-0.3, -0.25) is 19.7 Å². The van der Waals surface area contributed by atoms with E-state index in [4.69, 9.17) is 4.74 Å². The standard InChI is InChI=1S/C27H28N4O2/c1-18-15-23(9-12-28-18)21-5-3-20(4-6-21)16-26(32)30-24-7-8-25(29-17-24)22-10-13-31(14-11-22)27-19(2)33-27/h3-10,12,15,17,19,27H,11,13-14,16H2,1-2H3,(H,30,32). The minimum Gasteiger partial charge on any atom is -0.353 e. The SMILES string of the molecule is Cc1cc(-c2ccc(CC(=O)Nc3ccc(C4=CCN(C5OC5C)CC4)nc3)cc2)ccn1. The Bertz CT molecular complexity index is 1170. The quantitative estimate of drug-likeness (QED) is 0.573. The van der Waals surface area contributed by atoms with Crippen LogP contribution in [-0.2, 0) is 16.0 Å². The molecule has 33 heavy (non-hydrogen) atoms. The van der Waals surface area contributed by atoms with Crippen LogP contribution in [0.1, 0.15) is 30.3 Å². The zero-order chi connectivity index (χ0) is 22.8. The number of aromatic nitrogens is 2. The van der Waals surface area contributed by atoms with Crippen LogP contribution in [0.4, 0.5) is 5.69 Å². The van der Waals surface area contributed by atoms with Crippen molar-refractivity contribution in [1.29, 1.82) is 0 Å². The zero-order valence-corrected chi connectivity index (χ0v) is 19.0. The molecule has 168 valence electrons. The van der Waals surface area contributed by atoms with E-state index >= 15 is 0 Å². The molecule has 0 radical (unpaired) electrons. The van der Waals surface area contributed by atoms with Crippen molar-refractivity contribution in [2.24, 2.45) is 0 Å². The van der Waals surface area contributed by atoms with Gasteiger partial charge in [0.2, 0.25) is 5.91 Å². The van der Waals surface area contributed by atoms with Crippen LogP contribution in [0.5, 0.6) is 0 Å². The van der Waals surface area contributed by atoms with Crippen LogP contribution in [0.2, 0.25) is 0 Å². The Morgan fingerprint density at radius 3 is 2.58 bits per heavy atom. The minimum absolute atomic E-state index is 0.0527. The Hall–Kier alpha value is -3.35. The van der Waals surface area contributed by atoms with Gasteiger partial charge in [0.1, 0.15) is 6.23 Å². The highest BCUT2D eigenvalue weighted by atomic mass is 16.6. The number of ether oxygens (including phenoxy) is 1. The summed E-state index contributed by atoms with van der Waals surface area (Å²) in [6.45, 7) is 5.97. The molecule has 1 aromatic carbocycles. The summed E-state index contributed by atoms with van der Waals surface area (Å²) >= 11 is 0. The average Bonchev–Trinajstić information content (AvgIpc) is 3.57. The fourth-order valence-electron chi connectivity index (χ4n) is 4.29. The van der Waals surface area contributed by atoms with Crippen LogP contribution in [0.15, 0.2) is 67.0 Å². The van der Waals surface area contributed by atoms with E-state index in [1.54, 1.807) is 6.20 Å². The summed E-state index contributed by atoms with van der Waals surface area (Å²) in [5.41, 5.74) is 7.13. The summed E-state index contributed by atoms with van der Waals surface area (Å²) in [6, 6.07) is 16.0. The minimum atomic E-state index is -0.0527. The van der Waals surface area contributed by atoms with Crippen LogP contribution in [0.25, 0.3) is 16.7 Å². The summed E-state index contributed by atoms with van der Waals surface area (Å²) in [5, 5.41) is 2.96. The molecule has 6 nitrogen and oxygen atoms in total. The second kappa shape index (κ2) is 9.25. The summed E-state index contributed by atoms with van der Waals surface area (Å²) in [6.07, 6.45) is 7.69. The smallest absolute Gasteiger partial charge is 0.228 e. The number of carbonyl (C=O) groups is 1. The van der Waals surface area contributed by atoms with E-state index in [1.807, 2.05) is 55.6 Å². The monoisotopic (exact) mass is 440 g/mol. The molecule has 1 fully saturated rings. The number of hydrogen-bond acceptors (Lipinski definition) is 5. The van der Waals surface area contributed by atoms with Crippen LogP contribution < -0.4 is 5.32 Å². The van der Waals surface area contributed by atoms with E-state index in [0.29, 0.717) is 18.2 Å². The molecule has 1 saturated heterocycles. The van der Waals surface area contributed by atoms with Crippen molar-refractivity contribution in [3.8, 4) is 11.1 Å². The van der Waals surface area contributed by atoms with Gasteiger partial charge in [-0.05, 0) is 66.8 Å². The third-order valence-corrected chi connectivity index (χ3v) is 6.20. The number of anilines is 1. The van der Waals surface area contributed by atoms with E-state index < -0.39 is 0 Å². The topological polar surface area (TPSA) is 70.7 Å². The van der Waals surface area contributed by atoms with Gasteiger partial charge in [-0.2, -0.15) is 0 Å². The van der Waals surface area contributed by atoms with Crippen molar-refractivity contribution in [3.05, 3.63) is 84.0 Å². The van der Waals surface area contributed by atoms with Crippen LogP contribution >= 0.6 is 0 Å². The van der Waals surface area contributed by atoms with Crippen molar-refractivity contribution in [1.82, 2.24) is 14.9 Å². The molecule has 4 heterocycles. The van der Waals surface area contributed by atoms with Crippen LogP contribution in [0.3, 0.4) is 0 Å². The number of rotatable bonds is 6. The highest BCUT2D eigenvalue weighted by molar-refractivity contribution is 5.92. The lowest BCUT2D eigenvalue weighted by Gasteiger charge is -2.24. The number of epoxide rings is 1. The van der Waals surface area contributed by atoms with Gasteiger partial charge >= 0.3 is 0 Å². The summed E-state index contributed by atoms with van der Waals surface area (Å²) in [5.74, 6) is -0.0527. The van der Waals surface area contributed by atoms with Crippen molar-refractivity contribution in [2.75, 3.05) is 18.4 Å². The number of nitrogens with zero attached hydrogens (tertiary/aromatic N) is 3. The van der Waals surface area contributed by atoms with E-state index in [1.165, 1.54) is 5.57 Å². The highest BCUT2D eigenvalue weighted by Gasteiger charge is 2.39. The predicted molar refractivity (Wildman–Crippen MR) is 129 cm³/mol. The molecule has 3 aromatic rings. The molecule has 1 amide bonds. The Kier molecular flexibility index (Phi) is 6.03. The van der Waals surface area contributed by atoms with Crippen molar-refractivity contribution < 1.29 is 9.53 Å². The lowest BCUT2D eigenvalue weighted by Crippen LogP contribution is -2.32. The second-order valence-corrected chi connectivity index (χ2v) is 8.75. The Balaban J connectivity index is 1.15. The number of pyridine rings is 2. The molecule has 2 unspecified atom stereocenters. The summed E-state index contributed by atoms with van der Waals surface area (Å²) in [4.78, 5) is 23.7. The fourth-order valence-corrected chi connectivity index (χ4v) is 4.29. The molecule has 0 saturated carbocycles. The number of carbonyl (C=O) groups excluding carboxylic acids is 1. The molecule has 0 aliphatic carbocycles. The largest absolute Gasteiger partial charge is 0.353 e. The number of hydrogen-bond donors (Lipinski definition) is 1. The van der Waals surface area contributed by atoms with Gasteiger partial charge in [0, 0.05) is 25.0 Å². The first-order valence-corrected chi connectivity index (χ1v) is 11.4. The van der Waals surface area contributed by atoms with Gasteiger partial charge in [-0.15, -0.1) is 0 Å². The Morgan fingerprint density at radius 1 is 1.12 bits per heavy atom. The van der Waals surface area contributed by atoms with Gasteiger partial charge in [0.05, 0.1) is 30.1 Å². The van der Waals surface area contributed by atoms with Crippen molar-refractivity contribution in [3.63, 3.8) is 0 Å². The molecule has 2 aliphatic heterocycles. The number of nitrogens with one attached hydrogen (secondary N) is 1. The first-order chi connectivity index (χ1) is 16.0. The molecule has 2 aliphatic rings. The molecule has 5 rings (SSSR count). The lowest BCUT2D eigenvalue weighted by molar-refractivity contribution is -0.115. The molecule has 0 bridgehead atoms. The van der Waals surface area contributed by atoms with Crippen LogP contribution in [-0.4, -0.2) is 46.2 Å². The predicted octanol–water partition coefficient (Wildman–Crippen LogP) is 4.47. The van der Waals surface area contributed by atoms with E-state index in [-0.39, 0.29) is 12.1 Å². The third-order valence-electron chi connectivity index (χ3n) is 6.20. The number of benzene rings is 1. The molecule has 1 N–H and O–H groups in total. The molecule has 6 heteroatoms. The summed E-state index contributed by atoms with van der Waals surface area (Å²) in [7, 11) is 0.